The summed E-state index contributed by atoms with van der Waals surface area (Å²) in [7, 11) is 0. The average Bonchev–Trinajstić information content (AvgIpc) is 3.22. The van der Waals surface area contributed by atoms with Crippen molar-refractivity contribution in [3.05, 3.63) is 23.8 Å². The molecule has 144 valence electrons. The summed E-state index contributed by atoms with van der Waals surface area (Å²) in [6.07, 6.45) is 3.10. The second-order valence-corrected chi connectivity index (χ2v) is 7.30. The summed E-state index contributed by atoms with van der Waals surface area (Å²) in [6.45, 7) is 2.58. The topological polar surface area (TPSA) is 97.0 Å². The van der Waals surface area contributed by atoms with Crippen LogP contribution >= 0.6 is 0 Å². The highest BCUT2D eigenvalue weighted by Crippen LogP contribution is 2.35. The molecule has 2 heterocycles. The van der Waals surface area contributed by atoms with Gasteiger partial charge in [0.25, 0.3) is 5.91 Å². The van der Waals surface area contributed by atoms with E-state index in [2.05, 4.69) is 10.6 Å². The van der Waals surface area contributed by atoms with E-state index in [0.29, 0.717) is 37.6 Å². The lowest BCUT2D eigenvalue weighted by atomic mass is 9.98. The van der Waals surface area contributed by atoms with Crippen LogP contribution in [0.4, 0.5) is 4.79 Å². The maximum absolute atomic E-state index is 12.6. The second kappa shape index (κ2) is 6.75. The lowest BCUT2D eigenvalue weighted by Gasteiger charge is -2.22. The highest BCUT2D eigenvalue weighted by molar-refractivity contribution is 6.09. The van der Waals surface area contributed by atoms with Crippen LogP contribution in [0.25, 0.3) is 0 Å². The molecule has 1 aromatic carbocycles. The Morgan fingerprint density at radius 2 is 1.93 bits per heavy atom. The third-order valence-corrected chi connectivity index (χ3v) is 5.45. The number of urea groups is 1. The standard InChI is InChI=1S/C19H23N3O5/c1-12(13-4-5-14-15(10-13)27-9-8-26-14)20-16(23)11-22-17(24)19(21-18(22)25)6-2-3-7-19/h4-5,10,12H,2-3,6-9,11H2,1H3,(H,20,23)(H,21,25). The number of hydrogen-bond acceptors (Lipinski definition) is 5. The number of benzene rings is 1. The van der Waals surface area contributed by atoms with E-state index < -0.39 is 11.6 Å². The third-order valence-electron chi connectivity index (χ3n) is 5.45. The fourth-order valence-electron chi connectivity index (χ4n) is 3.98. The van der Waals surface area contributed by atoms with Gasteiger partial charge in [0.1, 0.15) is 25.3 Å². The second-order valence-electron chi connectivity index (χ2n) is 7.30. The molecule has 1 saturated heterocycles. The lowest BCUT2D eigenvalue weighted by Crippen LogP contribution is -2.45. The number of ether oxygens (including phenoxy) is 2. The van der Waals surface area contributed by atoms with Crippen LogP contribution in [-0.4, -0.2) is 48.0 Å². The zero-order valence-corrected chi connectivity index (χ0v) is 15.2. The summed E-state index contributed by atoms with van der Waals surface area (Å²) < 4.78 is 11.1. The summed E-state index contributed by atoms with van der Waals surface area (Å²) in [5.74, 6) is 0.671. The Balaban J connectivity index is 1.39. The van der Waals surface area contributed by atoms with Crippen LogP contribution in [0.1, 0.15) is 44.2 Å². The lowest BCUT2D eigenvalue weighted by molar-refractivity contribution is -0.135. The molecule has 0 aromatic heterocycles. The van der Waals surface area contributed by atoms with Crippen molar-refractivity contribution in [1.29, 1.82) is 0 Å². The fourth-order valence-corrected chi connectivity index (χ4v) is 3.98. The summed E-state index contributed by atoms with van der Waals surface area (Å²) in [4.78, 5) is 38.3. The van der Waals surface area contributed by atoms with E-state index in [9.17, 15) is 14.4 Å². The molecule has 27 heavy (non-hydrogen) atoms. The zero-order valence-electron chi connectivity index (χ0n) is 15.2. The number of carbonyl (C=O) groups excluding carboxylic acids is 3. The fraction of sp³-hybridized carbons (Fsp3) is 0.526. The van der Waals surface area contributed by atoms with Gasteiger partial charge in [-0.3, -0.25) is 14.5 Å². The van der Waals surface area contributed by atoms with Crippen LogP contribution in [0.5, 0.6) is 11.5 Å². The minimum Gasteiger partial charge on any atom is -0.486 e. The molecular formula is C19H23N3O5. The van der Waals surface area contributed by atoms with E-state index in [4.69, 9.17) is 9.47 Å². The number of fused-ring (bicyclic) bond motifs is 1. The van der Waals surface area contributed by atoms with Gasteiger partial charge >= 0.3 is 6.03 Å². The first-order chi connectivity index (χ1) is 13.0. The minimum atomic E-state index is -0.793. The molecule has 4 rings (SSSR count). The Hall–Kier alpha value is -2.77. The van der Waals surface area contributed by atoms with Gasteiger partial charge in [0.2, 0.25) is 5.91 Å². The highest BCUT2D eigenvalue weighted by atomic mass is 16.6. The summed E-state index contributed by atoms with van der Waals surface area (Å²) in [5, 5.41) is 5.62. The van der Waals surface area contributed by atoms with Crippen LogP contribution in [0.2, 0.25) is 0 Å². The van der Waals surface area contributed by atoms with Crippen molar-refractivity contribution in [2.75, 3.05) is 19.8 Å². The van der Waals surface area contributed by atoms with Crippen molar-refractivity contribution >= 4 is 17.8 Å². The number of rotatable bonds is 4. The van der Waals surface area contributed by atoms with Crippen molar-refractivity contribution in [1.82, 2.24) is 15.5 Å². The number of imide groups is 1. The van der Waals surface area contributed by atoms with Crippen molar-refractivity contribution in [3.63, 3.8) is 0 Å². The predicted molar refractivity (Wildman–Crippen MR) is 95.4 cm³/mol. The van der Waals surface area contributed by atoms with Crippen molar-refractivity contribution in [2.24, 2.45) is 0 Å². The molecule has 1 spiro atoms. The molecule has 2 fully saturated rings. The van der Waals surface area contributed by atoms with E-state index in [-0.39, 0.29) is 24.4 Å². The van der Waals surface area contributed by atoms with Gasteiger partial charge in [-0.25, -0.2) is 4.79 Å². The van der Waals surface area contributed by atoms with E-state index in [0.717, 1.165) is 23.3 Å². The van der Waals surface area contributed by atoms with E-state index >= 15 is 0 Å². The molecule has 3 aliphatic rings. The largest absolute Gasteiger partial charge is 0.486 e. The van der Waals surface area contributed by atoms with Gasteiger partial charge in [-0.2, -0.15) is 0 Å². The maximum Gasteiger partial charge on any atom is 0.325 e. The first-order valence-electron chi connectivity index (χ1n) is 9.31. The average molecular weight is 373 g/mol. The Morgan fingerprint density at radius 3 is 2.67 bits per heavy atom. The monoisotopic (exact) mass is 373 g/mol. The van der Waals surface area contributed by atoms with Crippen LogP contribution in [-0.2, 0) is 9.59 Å². The van der Waals surface area contributed by atoms with Gasteiger partial charge in [0, 0.05) is 0 Å². The first kappa shape index (κ1) is 17.6. The van der Waals surface area contributed by atoms with Gasteiger partial charge in [0.05, 0.1) is 6.04 Å². The van der Waals surface area contributed by atoms with Crippen LogP contribution in [0.15, 0.2) is 18.2 Å². The van der Waals surface area contributed by atoms with Gasteiger partial charge in [-0.1, -0.05) is 18.9 Å². The van der Waals surface area contributed by atoms with Gasteiger partial charge in [0.15, 0.2) is 11.5 Å². The number of hydrogen-bond donors (Lipinski definition) is 2. The minimum absolute atomic E-state index is 0.276. The molecule has 1 aliphatic carbocycles. The number of amides is 4. The maximum atomic E-state index is 12.6. The van der Waals surface area contributed by atoms with Crippen LogP contribution in [0, 0.1) is 0 Å². The van der Waals surface area contributed by atoms with Crippen LogP contribution in [0.3, 0.4) is 0 Å². The van der Waals surface area contributed by atoms with Crippen molar-refractivity contribution in [2.45, 2.75) is 44.2 Å². The molecule has 4 amide bonds. The Kier molecular flexibility index (Phi) is 4.41. The van der Waals surface area contributed by atoms with Crippen molar-refractivity contribution in [3.8, 4) is 11.5 Å². The highest BCUT2D eigenvalue weighted by Gasteiger charge is 2.52. The van der Waals surface area contributed by atoms with Crippen molar-refractivity contribution < 1.29 is 23.9 Å². The van der Waals surface area contributed by atoms with Gasteiger partial charge in [-0.05, 0) is 37.5 Å². The molecule has 8 heteroatoms. The first-order valence-corrected chi connectivity index (χ1v) is 9.31. The zero-order chi connectivity index (χ0) is 19.0. The molecule has 1 unspecified atom stereocenters. The quantitative estimate of drug-likeness (QED) is 0.780. The molecule has 2 N–H and O–H groups in total. The molecule has 1 atom stereocenters. The summed E-state index contributed by atoms with van der Waals surface area (Å²) in [5.41, 5.74) is 0.0655. The predicted octanol–water partition coefficient (Wildman–Crippen LogP) is 1.50. The number of nitrogens with one attached hydrogen (secondary N) is 2. The molecule has 1 saturated carbocycles. The molecule has 2 aliphatic heterocycles. The Morgan fingerprint density at radius 1 is 1.22 bits per heavy atom. The summed E-state index contributed by atoms with van der Waals surface area (Å²) >= 11 is 0. The van der Waals surface area contributed by atoms with Gasteiger partial charge in [-0.15, -0.1) is 0 Å². The normalized spacial score (nSPS) is 21.3. The van der Waals surface area contributed by atoms with E-state index in [1.54, 1.807) is 0 Å². The molecule has 8 nitrogen and oxygen atoms in total. The van der Waals surface area contributed by atoms with E-state index in [1.807, 2.05) is 25.1 Å². The van der Waals surface area contributed by atoms with Crippen LogP contribution < -0.4 is 20.1 Å². The van der Waals surface area contributed by atoms with Gasteiger partial charge < -0.3 is 20.1 Å². The number of nitrogens with zero attached hydrogens (tertiary/aromatic N) is 1. The molecule has 0 bridgehead atoms. The van der Waals surface area contributed by atoms with E-state index in [1.165, 1.54) is 0 Å². The number of carbonyl (C=O) groups is 3. The molecular weight excluding hydrogens is 350 g/mol. The third kappa shape index (κ3) is 3.20. The molecule has 1 aromatic rings. The smallest absolute Gasteiger partial charge is 0.325 e. The Bertz CT molecular complexity index is 788. The Labute approximate surface area is 157 Å². The summed E-state index contributed by atoms with van der Waals surface area (Å²) in [6, 6.07) is 4.73. The SMILES string of the molecule is CC(NC(=O)CN1C(=O)NC2(CCCC2)C1=O)c1ccc2c(c1)OCCO2. The molecule has 0 radical (unpaired) electrons.